The van der Waals surface area contributed by atoms with Crippen LogP contribution in [0.5, 0.6) is 5.75 Å². The minimum Gasteiger partial charge on any atom is -0.479 e. The zero-order valence-electron chi connectivity index (χ0n) is 10.7. The van der Waals surface area contributed by atoms with Gasteiger partial charge in [0.25, 0.3) is 0 Å². The molecule has 1 rings (SSSR count). The molecule has 0 bridgehead atoms. The van der Waals surface area contributed by atoms with Crippen LogP contribution < -0.4 is 4.74 Å². The average molecular weight is 304 g/mol. The molecule has 0 aliphatic heterocycles. The molecule has 0 aliphatic rings. The summed E-state index contributed by atoms with van der Waals surface area (Å²) in [6.45, 7) is 1.10. The molecule has 0 spiro atoms. The number of carbonyl (C=O) groups is 2. The van der Waals surface area contributed by atoms with Crippen molar-refractivity contribution in [2.75, 3.05) is 0 Å². The number of hydrogen-bond donors (Lipinski definition) is 2. The molecule has 1 aromatic carbocycles. The molecular weight excluding hydrogens is 293 g/mol. The number of hydrogen-bond acceptors (Lipinski definition) is 3. The Hall–Kier alpha value is -2.51. The summed E-state index contributed by atoms with van der Waals surface area (Å²) in [6.07, 6.45) is -4.54. The second-order valence-corrected chi connectivity index (χ2v) is 4.02. The van der Waals surface area contributed by atoms with Crippen molar-refractivity contribution in [2.24, 2.45) is 0 Å². The summed E-state index contributed by atoms with van der Waals surface area (Å²) in [7, 11) is 0. The van der Waals surface area contributed by atoms with E-state index in [1.165, 1.54) is 6.07 Å². The van der Waals surface area contributed by atoms with Crippen molar-refractivity contribution in [3.8, 4) is 5.75 Å². The maximum atomic E-state index is 12.9. The van der Waals surface area contributed by atoms with Gasteiger partial charge in [0, 0.05) is 6.08 Å². The number of carboxylic acid groups (broad SMARTS) is 2. The number of carboxylic acids is 2. The quantitative estimate of drug-likeness (QED) is 0.817. The van der Waals surface area contributed by atoms with Gasteiger partial charge in [-0.3, -0.25) is 0 Å². The molecule has 8 heteroatoms. The average Bonchev–Trinajstić information content (AvgIpc) is 2.35. The Balaban J connectivity index is 3.20. The zero-order chi connectivity index (χ0) is 16.2. The van der Waals surface area contributed by atoms with Gasteiger partial charge in [-0.1, -0.05) is 6.07 Å². The molecule has 5 nitrogen and oxygen atoms in total. The highest BCUT2D eigenvalue weighted by atomic mass is 19.4. The number of alkyl halides is 3. The van der Waals surface area contributed by atoms with Crippen LogP contribution in [0.25, 0.3) is 6.08 Å². The van der Waals surface area contributed by atoms with Crippen LogP contribution in [-0.2, 0) is 15.8 Å². The summed E-state index contributed by atoms with van der Waals surface area (Å²) in [5.41, 5.74) is -1.18. The van der Waals surface area contributed by atoms with E-state index in [2.05, 4.69) is 0 Å². The van der Waals surface area contributed by atoms with Gasteiger partial charge in [0.2, 0.25) is 0 Å². The maximum Gasteiger partial charge on any atom is 0.419 e. The number of ether oxygens (including phenoxy) is 1. The van der Waals surface area contributed by atoms with Gasteiger partial charge < -0.3 is 14.9 Å². The third-order valence-electron chi connectivity index (χ3n) is 2.38. The molecule has 0 saturated heterocycles. The van der Waals surface area contributed by atoms with E-state index < -0.39 is 35.5 Å². The van der Waals surface area contributed by atoms with Crippen molar-refractivity contribution in [1.82, 2.24) is 0 Å². The highest BCUT2D eigenvalue weighted by molar-refractivity contribution is 5.85. The molecule has 0 saturated carbocycles. The first-order chi connectivity index (χ1) is 9.61. The van der Waals surface area contributed by atoms with Gasteiger partial charge in [0.1, 0.15) is 5.75 Å². The van der Waals surface area contributed by atoms with Crippen LogP contribution in [0.15, 0.2) is 24.3 Å². The van der Waals surface area contributed by atoms with Crippen LogP contribution >= 0.6 is 0 Å². The number of benzene rings is 1. The number of halogens is 3. The summed E-state index contributed by atoms with van der Waals surface area (Å²) in [5.74, 6) is -3.34. The van der Waals surface area contributed by atoms with Crippen molar-refractivity contribution in [3.63, 3.8) is 0 Å². The van der Waals surface area contributed by atoms with Crippen LogP contribution in [-0.4, -0.2) is 28.3 Å². The SMILES string of the molecule is CC(Oc1ccc(C=CC(=O)O)cc1C(F)(F)F)C(=O)O. The molecule has 1 unspecified atom stereocenters. The van der Waals surface area contributed by atoms with Crippen LogP contribution in [0.1, 0.15) is 18.1 Å². The summed E-state index contributed by atoms with van der Waals surface area (Å²) in [6, 6.07) is 2.83. The molecule has 2 N–H and O–H groups in total. The maximum absolute atomic E-state index is 12.9. The van der Waals surface area contributed by atoms with Gasteiger partial charge in [-0.15, -0.1) is 0 Å². The van der Waals surface area contributed by atoms with E-state index in [0.29, 0.717) is 12.1 Å². The molecule has 0 fully saturated rings. The highest BCUT2D eigenvalue weighted by Gasteiger charge is 2.35. The molecule has 114 valence electrons. The first kappa shape index (κ1) is 16.5. The highest BCUT2D eigenvalue weighted by Crippen LogP contribution is 2.37. The van der Waals surface area contributed by atoms with Crippen molar-refractivity contribution < 1.29 is 37.7 Å². The van der Waals surface area contributed by atoms with Crippen LogP contribution in [0.4, 0.5) is 13.2 Å². The van der Waals surface area contributed by atoms with Gasteiger partial charge in [-0.05, 0) is 30.7 Å². The monoisotopic (exact) mass is 304 g/mol. The van der Waals surface area contributed by atoms with Crippen molar-refractivity contribution in [3.05, 3.63) is 35.4 Å². The van der Waals surface area contributed by atoms with E-state index in [0.717, 1.165) is 19.1 Å². The predicted molar refractivity (Wildman–Crippen MR) is 65.8 cm³/mol. The van der Waals surface area contributed by atoms with E-state index in [9.17, 15) is 22.8 Å². The lowest BCUT2D eigenvalue weighted by Crippen LogP contribution is -2.24. The lowest BCUT2D eigenvalue weighted by molar-refractivity contribution is -0.147. The topological polar surface area (TPSA) is 83.8 Å². The standard InChI is InChI=1S/C13H11F3O5/c1-7(12(19)20)21-10-4-2-8(3-5-11(17)18)6-9(10)13(14,15)16/h2-7H,1H3,(H,17,18)(H,19,20). The fraction of sp³-hybridized carbons (Fsp3) is 0.231. The largest absolute Gasteiger partial charge is 0.479 e. The van der Waals surface area contributed by atoms with Crippen molar-refractivity contribution in [2.45, 2.75) is 19.2 Å². The smallest absolute Gasteiger partial charge is 0.419 e. The third kappa shape index (κ3) is 4.83. The van der Waals surface area contributed by atoms with Gasteiger partial charge >= 0.3 is 18.1 Å². The molecular formula is C13H11F3O5. The van der Waals surface area contributed by atoms with E-state index in [4.69, 9.17) is 14.9 Å². The van der Waals surface area contributed by atoms with Crippen LogP contribution in [0, 0.1) is 0 Å². The Morgan fingerprint density at radius 3 is 2.38 bits per heavy atom. The second-order valence-electron chi connectivity index (χ2n) is 4.02. The van der Waals surface area contributed by atoms with Crippen molar-refractivity contribution >= 4 is 18.0 Å². The molecule has 0 radical (unpaired) electrons. The van der Waals surface area contributed by atoms with E-state index in [1.54, 1.807) is 0 Å². The Morgan fingerprint density at radius 1 is 1.29 bits per heavy atom. The summed E-state index contributed by atoms with van der Waals surface area (Å²) >= 11 is 0. The number of aliphatic carboxylic acids is 2. The van der Waals surface area contributed by atoms with Gasteiger partial charge in [0.15, 0.2) is 6.10 Å². The fourth-order valence-corrected chi connectivity index (χ4v) is 1.38. The van der Waals surface area contributed by atoms with Crippen molar-refractivity contribution in [1.29, 1.82) is 0 Å². The molecule has 0 amide bonds. The van der Waals surface area contributed by atoms with Gasteiger partial charge in [-0.2, -0.15) is 13.2 Å². The summed E-state index contributed by atoms with van der Waals surface area (Å²) in [5, 5.41) is 17.1. The lowest BCUT2D eigenvalue weighted by Gasteiger charge is -2.16. The molecule has 21 heavy (non-hydrogen) atoms. The molecule has 0 heterocycles. The molecule has 1 atom stereocenters. The van der Waals surface area contributed by atoms with Crippen LogP contribution in [0.2, 0.25) is 0 Å². The van der Waals surface area contributed by atoms with Gasteiger partial charge in [0.05, 0.1) is 5.56 Å². The minimum absolute atomic E-state index is 0.0000491. The Labute approximate surface area is 117 Å². The van der Waals surface area contributed by atoms with Crippen LogP contribution in [0.3, 0.4) is 0 Å². The Morgan fingerprint density at radius 2 is 1.90 bits per heavy atom. The fourth-order valence-electron chi connectivity index (χ4n) is 1.38. The van der Waals surface area contributed by atoms with E-state index in [1.807, 2.05) is 0 Å². The minimum atomic E-state index is -4.76. The summed E-state index contributed by atoms with van der Waals surface area (Å²) in [4.78, 5) is 21.0. The molecule has 0 aromatic heterocycles. The Kier molecular flexibility index (Phi) is 4.96. The molecule has 1 aromatic rings. The first-order valence-corrected chi connectivity index (χ1v) is 5.63. The van der Waals surface area contributed by atoms with Gasteiger partial charge in [-0.25, -0.2) is 9.59 Å². The molecule has 0 aliphatic carbocycles. The second kappa shape index (κ2) is 6.29. The Bertz CT molecular complexity index is 578. The van der Waals surface area contributed by atoms with E-state index in [-0.39, 0.29) is 5.56 Å². The number of rotatable bonds is 5. The lowest BCUT2D eigenvalue weighted by atomic mass is 10.1. The zero-order valence-corrected chi connectivity index (χ0v) is 10.7. The normalized spacial score (nSPS) is 13.1. The summed E-state index contributed by atoms with van der Waals surface area (Å²) < 4.78 is 43.5. The third-order valence-corrected chi connectivity index (χ3v) is 2.38. The first-order valence-electron chi connectivity index (χ1n) is 5.63. The van der Waals surface area contributed by atoms with E-state index >= 15 is 0 Å². The predicted octanol–water partition coefficient (Wildman–Crippen LogP) is 2.66.